The van der Waals surface area contributed by atoms with Gasteiger partial charge in [0.25, 0.3) is 0 Å². The minimum absolute atomic E-state index is 0.0474. The zero-order valence-corrected chi connectivity index (χ0v) is 23.8. The van der Waals surface area contributed by atoms with Crippen LogP contribution >= 0.6 is 0 Å². The molecule has 0 bridgehead atoms. The second-order valence-corrected chi connectivity index (χ2v) is 10.6. The van der Waals surface area contributed by atoms with Crippen molar-refractivity contribution in [1.82, 2.24) is 0 Å². The Morgan fingerprint density at radius 3 is 2.40 bits per heavy atom. The van der Waals surface area contributed by atoms with Crippen molar-refractivity contribution in [2.24, 2.45) is 11.5 Å². The Morgan fingerprint density at radius 2 is 1.77 bits per heavy atom. The molecule has 14 heteroatoms. The molecule has 1 fully saturated rings. The van der Waals surface area contributed by atoms with Crippen LogP contribution in [-0.4, -0.2) is 70.4 Å². The first kappa shape index (κ1) is 31.3. The van der Waals surface area contributed by atoms with Gasteiger partial charge in [-0.2, -0.15) is 0 Å². The Bertz CT molecular complexity index is 1650. The Kier molecular flexibility index (Phi) is 8.67. The van der Waals surface area contributed by atoms with Gasteiger partial charge in [-0.3, -0.25) is 9.59 Å². The molecule has 2 heterocycles. The van der Waals surface area contributed by atoms with E-state index in [1.807, 2.05) is 0 Å². The van der Waals surface area contributed by atoms with Crippen LogP contribution in [0.2, 0.25) is 0 Å². The number of Topliss-reactive ketones (excluding diaryl/α,β-unsaturated/α-hetero) is 1. The van der Waals surface area contributed by atoms with E-state index in [0.717, 1.165) is 0 Å². The van der Waals surface area contributed by atoms with Crippen LogP contribution in [0.25, 0.3) is 11.0 Å². The number of carbonyl (C=O) groups is 3. The standard InChI is InChI=1S/C29H32N2O12/c1-12-19(40-27-22(36)24(42-28(31)38)25(39-4)29(2,3)43-27)8-6-15-21(35)16(26(37)41-23(12)15)11-18(33)13-5-7-17(32)14(9-13)10-20(30)34/h5-9,22,24-25,27,32,35-36H,10-11H2,1-4H3,(H2,30,34)(H2,31,38)/t22-,24+,25-,27-/m1/s1. The van der Waals surface area contributed by atoms with E-state index in [1.54, 1.807) is 13.8 Å². The molecular formula is C29H32N2O12. The Morgan fingerprint density at radius 1 is 1.07 bits per heavy atom. The fourth-order valence-corrected chi connectivity index (χ4v) is 5.11. The van der Waals surface area contributed by atoms with E-state index in [4.69, 9.17) is 34.8 Å². The summed E-state index contributed by atoms with van der Waals surface area (Å²) >= 11 is 0. The molecule has 7 N–H and O–H groups in total. The van der Waals surface area contributed by atoms with E-state index >= 15 is 0 Å². The first-order chi connectivity index (χ1) is 20.1. The summed E-state index contributed by atoms with van der Waals surface area (Å²) in [7, 11) is 1.36. The van der Waals surface area contributed by atoms with Crippen molar-refractivity contribution in [1.29, 1.82) is 0 Å². The molecule has 14 nitrogen and oxygen atoms in total. The molecule has 4 atom stereocenters. The fourth-order valence-electron chi connectivity index (χ4n) is 5.11. The third kappa shape index (κ3) is 6.26. The van der Waals surface area contributed by atoms with Crippen LogP contribution in [0.1, 0.15) is 40.9 Å². The average Bonchev–Trinajstić information content (AvgIpc) is 2.91. The highest BCUT2D eigenvalue weighted by molar-refractivity contribution is 5.99. The van der Waals surface area contributed by atoms with Gasteiger partial charge in [-0.15, -0.1) is 0 Å². The number of aliphatic hydroxyl groups excluding tert-OH is 1. The van der Waals surface area contributed by atoms with Gasteiger partial charge in [-0.25, -0.2) is 9.59 Å². The van der Waals surface area contributed by atoms with Gasteiger partial charge in [-0.05, 0) is 51.1 Å². The molecule has 1 aromatic heterocycles. The molecule has 43 heavy (non-hydrogen) atoms. The lowest BCUT2D eigenvalue weighted by molar-refractivity contribution is -0.304. The average molecular weight is 601 g/mol. The number of aryl methyl sites for hydroxylation is 1. The normalized spacial score (nSPS) is 21.3. The number of ether oxygens (including phenoxy) is 4. The maximum Gasteiger partial charge on any atom is 0.404 e. The summed E-state index contributed by atoms with van der Waals surface area (Å²) in [6, 6.07) is 6.66. The largest absolute Gasteiger partial charge is 0.508 e. The second-order valence-electron chi connectivity index (χ2n) is 10.6. The number of nitrogens with two attached hydrogens (primary N) is 2. The number of fused-ring (bicyclic) bond motifs is 1. The van der Waals surface area contributed by atoms with Crippen molar-refractivity contribution in [3.8, 4) is 17.2 Å². The van der Waals surface area contributed by atoms with E-state index in [1.165, 1.54) is 44.4 Å². The van der Waals surface area contributed by atoms with Crippen LogP contribution in [0.5, 0.6) is 17.2 Å². The van der Waals surface area contributed by atoms with Crippen LogP contribution in [0.3, 0.4) is 0 Å². The van der Waals surface area contributed by atoms with E-state index < -0.39 is 65.8 Å². The van der Waals surface area contributed by atoms with Crippen molar-refractivity contribution < 1.29 is 53.1 Å². The Balaban J connectivity index is 1.64. The third-order valence-electron chi connectivity index (χ3n) is 7.21. The highest BCUT2D eigenvalue weighted by Crippen LogP contribution is 2.38. The minimum atomic E-state index is -1.53. The Labute approximate surface area is 244 Å². The lowest BCUT2D eigenvalue weighted by Crippen LogP contribution is -2.65. The maximum absolute atomic E-state index is 13.0. The maximum atomic E-state index is 13.0. The smallest absolute Gasteiger partial charge is 0.404 e. The molecule has 0 unspecified atom stereocenters. The SMILES string of the molecule is CO[C@@H]1[C@@H](OC(N)=O)[C@@H](O)[C@H](Oc2ccc3c(O)c(CC(=O)c4ccc(O)c(CC(N)=O)c4)c(=O)oc3c2C)OC1(C)C. The number of phenolic OH excluding ortho intramolecular Hbond substituents is 1. The molecule has 230 valence electrons. The quantitative estimate of drug-likeness (QED) is 0.173. The van der Waals surface area contributed by atoms with Crippen LogP contribution in [0, 0.1) is 6.92 Å². The predicted octanol–water partition coefficient (Wildman–Crippen LogP) is 1.32. The number of methoxy groups -OCH3 is 1. The van der Waals surface area contributed by atoms with Crippen molar-refractivity contribution in [3.05, 3.63) is 63.0 Å². The summed E-state index contributed by atoms with van der Waals surface area (Å²) in [5.74, 6) is -1.90. The lowest BCUT2D eigenvalue weighted by Gasteiger charge is -2.47. The highest BCUT2D eigenvalue weighted by atomic mass is 16.7. The van der Waals surface area contributed by atoms with Crippen LogP contribution in [0.4, 0.5) is 4.79 Å². The molecule has 0 aliphatic carbocycles. The lowest BCUT2D eigenvalue weighted by atomic mass is 9.89. The number of hydrogen-bond acceptors (Lipinski definition) is 12. The number of primary amides is 2. The molecule has 1 aliphatic rings. The highest BCUT2D eigenvalue weighted by Gasteiger charge is 2.53. The minimum Gasteiger partial charge on any atom is -0.508 e. The topological polar surface area (TPSA) is 231 Å². The number of amides is 2. The van der Waals surface area contributed by atoms with Gasteiger partial charge in [-0.1, -0.05) is 0 Å². The van der Waals surface area contributed by atoms with E-state index in [0.29, 0.717) is 0 Å². The number of phenols is 1. The first-order valence-corrected chi connectivity index (χ1v) is 13.1. The van der Waals surface area contributed by atoms with E-state index in [2.05, 4.69) is 0 Å². The summed E-state index contributed by atoms with van der Waals surface area (Å²) in [5.41, 5.74) is 8.40. The summed E-state index contributed by atoms with van der Waals surface area (Å²) in [4.78, 5) is 48.7. The number of benzene rings is 2. The molecule has 2 amide bonds. The zero-order chi connectivity index (χ0) is 31.8. The monoisotopic (exact) mass is 600 g/mol. The van der Waals surface area contributed by atoms with Crippen molar-refractivity contribution in [2.45, 2.75) is 63.8 Å². The van der Waals surface area contributed by atoms with Gasteiger partial charge in [0, 0.05) is 30.2 Å². The second kappa shape index (κ2) is 11.9. The summed E-state index contributed by atoms with van der Waals surface area (Å²) in [5, 5.41) is 31.9. The van der Waals surface area contributed by atoms with E-state index in [9.17, 15) is 34.5 Å². The molecule has 1 aliphatic heterocycles. The fraction of sp³-hybridized carbons (Fsp3) is 0.379. The number of ketones is 1. The zero-order valence-electron chi connectivity index (χ0n) is 23.8. The number of carbonyl (C=O) groups excluding carboxylic acids is 3. The van der Waals surface area contributed by atoms with Gasteiger partial charge >= 0.3 is 11.7 Å². The number of aliphatic hydroxyl groups is 1. The predicted molar refractivity (Wildman–Crippen MR) is 149 cm³/mol. The van der Waals surface area contributed by atoms with Crippen LogP contribution < -0.4 is 21.8 Å². The number of hydrogen-bond donors (Lipinski definition) is 5. The van der Waals surface area contributed by atoms with Crippen molar-refractivity contribution in [3.63, 3.8) is 0 Å². The number of aromatic hydroxyl groups is 2. The Hall–Kier alpha value is -4.66. The van der Waals surface area contributed by atoms with Gasteiger partial charge in [0.1, 0.15) is 28.9 Å². The number of rotatable bonds is 9. The molecule has 4 rings (SSSR count). The molecule has 1 saturated heterocycles. The summed E-state index contributed by atoms with van der Waals surface area (Å²) in [6.45, 7) is 4.83. The van der Waals surface area contributed by atoms with Crippen LogP contribution in [0.15, 0.2) is 39.5 Å². The van der Waals surface area contributed by atoms with E-state index in [-0.39, 0.29) is 51.1 Å². The van der Waals surface area contributed by atoms with Crippen molar-refractivity contribution >= 4 is 28.8 Å². The van der Waals surface area contributed by atoms with Crippen molar-refractivity contribution in [2.75, 3.05) is 7.11 Å². The molecule has 0 radical (unpaired) electrons. The molecule has 0 spiro atoms. The molecule has 0 saturated carbocycles. The van der Waals surface area contributed by atoms with Gasteiger partial charge in [0.15, 0.2) is 18.0 Å². The molecule has 2 aromatic carbocycles. The molecular weight excluding hydrogens is 568 g/mol. The first-order valence-electron chi connectivity index (χ1n) is 13.1. The third-order valence-corrected chi connectivity index (χ3v) is 7.21. The van der Waals surface area contributed by atoms with Gasteiger partial charge < -0.3 is 50.2 Å². The van der Waals surface area contributed by atoms with Crippen LogP contribution in [-0.2, 0) is 31.8 Å². The summed E-state index contributed by atoms with van der Waals surface area (Å²) < 4.78 is 27.8. The van der Waals surface area contributed by atoms with Gasteiger partial charge in [0.2, 0.25) is 12.2 Å². The molecule has 3 aromatic rings. The summed E-state index contributed by atoms with van der Waals surface area (Å²) in [6.07, 6.45) is -7.00. The van der Waals surface area contributed by atoms with Gasteiger partial charge in [0.05, 0.1) is 23.0 Å².